The number of carbonyl (C=O) groups excluding carboxylic acids is 1. The number of anilines is 1. The molecule has 2 aromatic heterocycles. The van der Waals surface area contributed by atoms with Crippen LogP contribution in [0, 0.1) is 13.8 Å². The van der Waals surface area contributed by atoms with Crippen LogP contribution in [-0.4, -0.2) is 10.9 Å². The first-order valence-corrected chi connectivity index (χ1v) is 6.32. The SMILES string of the molecule is Cc1cc[n+](CCC(=O)Nc2ncccc2C)cc1. The lowest BCUT2D eigenvalue weighted by molar-refractivity contribution is -0.695. The Hall–Kier alpha value is -2.23. The van der Waals surface area contributed by atoms with Crippen molar-refractivity contribution < 1.29 is 9.36 Å². The summed E-state index contributed by atoms with van der Waals surface area (Å²) >= 11 is 0. The third-order valence-electron chi connectivity index (χ3n) is 2.92. The number of hydrogen-bond donors (Lipinski definition) is 1. The topological polar surface area (TPSA) is 45.9 Å². The molecule has 0 radical (unpaired) electrons. The van der Waals surface area contributed by atoms with Gasteiger partial charge in [-0.3, -0.25) is 4.79 Å². The van der Waals surface area contributed by atoms with Gasteiger partial charge in [-0.1, -0.05) is 6.07 Å². The Bertz CT molecular complexity index is 564. The van der Waals surface area contributed by atoms with Gasteiger partial charge >= 0.3 is 0 Å². The number of amides is 1. The summed E-state index contributed by atoms with van der Waals surface area (Å²) in [5, 5.41) is 2.83. The lowest BCUT2D eigenvalue weighted by Gasteiger charge is -2.05. The highest BCUT2D eigenvalue weighted by molar-refractivity contribution is 5.90. The van der Waals surface area contributed by atoms with Crippen molar-refractivity contribution in [2.75, 3.05) is 5.32 Å². The van der Waals surface area contributed by atoms with Crippen molar-refractivity contribution in [3.05, 3.63) is 54.0 Å². The molecule has 0 aliphatic heterocycles. The van der Waals surface area contributed by atoms with Crippen LogP contribution in [0.1, 0.15) is 17.5 Å². The van der Waals surface area contributed by atoms with Crippen LogP contribution in [0.25, 0.3) is 0 Å². The van der Waals surface area contributed by atoms with Crippen LogP contribution < -0.4 is 9.88 Å². The van der Waals surface area contributed by atoms with Gasteiger partial charge in [0.1, 0.15) is 5.82 Å². The van der Waals surface area contributed by atoms with Gasteiger partial charge in [-0.25, -0.2) is 9.55 Å². The molecule has 2 heterocycles. The van der Waals surface area contributed by atoms with E-state index in [1.165, 1.54) is 5.56 Å². The zero-order chi connectivity index (χ0) is 13.7. The predicted molar refractivity (Wildman–Crippen MR) is 73.6 cm³/mol. The molecule has 98 valence electrons. The minimum absolute atomic E-state index is 0.0186. The molecule has 0 spiro atoms. The first-order chi connectivity index (χ1) is 9.15. The van der Waals surface area contributed by atoms with Gasteiger partial charge in [-0.05, 0) is 31.0 Å². The van der Waals surface area contributed by atoms with Crippen LogP contribution in [0.4, 0.5) is 5.82 Å². The molecule has 2 aromatic rings. The van der Waals surface area contributed by atoms with Crippen LogP contribution in [0.3, 0.4) is 0 Å². The Morgan fingerprint density at radius 2 is 2.00 bits per heavy atom. The van der Waals surface area contributed by atoms with E-state index in [1.54, 1.807) is 6.20 Å². The Morgan fingerprint density at radius 3 is 2.68 bits per heavy atom. The third kappa shape index (κ3) is 3.88. The van der Waals surface area contributed by atoms with E-state index in [1.807, 2.05) is 55.1 Å². The fraction of sp³-hybridized carbons (Fsp3) is 0.267. The van der Waals surface area contributed by atoms with Gasteiger partial charge in [0.15, 0.2) is 18.9 Å². The van der Waals surface area contributed by atoms with E-state index in [9.17, 15) is 4.79 Å². The molecule has 2 rings (SSSR count). The van der Waals surface area contributed by atoms with Gasteiger partial charge in [-0.15, -0.1) is 0 Å². The molecule has 0 bridgehead atoms. The van der Waals surface area contributed by atoms with Gasteiger partial charge in [0.05, 0.1) is 6.42 Å². The summed E-state index contributed by atoms with van der Waals surface area (Å²) in [4.78, 5) is 16.0. The van der Waals surface area contributed by atoms with Crippen molar-refractivity contribution in [3.8, 4) is 0 Å². The second kappa shape index (κ2) is 6.09. The van der Waals surface area contributed by atoms with Crippen molar-refractivity contribution >= 4 is 11.7 Å². The normalized spacial score (nSPS) is 10.2. The number of aromatic nitrogens is 2. The Balaban J connectivity index is 1.88. The summed E-state index contributed by atoms with van der Waals surface area (Å²) < 4.78 is 2.00. The molecule has 0 saturated carbocycles. The van der Waals surface area contributed by atoms with Crippen LogP contribution in [-0.2, 0) is 11.3 Å². The highest BCUT2D eigenvalue weighted by atomic mass is 16.1. The minimum Gasteiger partial charge on any atom is -0.310 e. The van der Waals surface area contributed by atoms with Gasteiger partial charge < -0.3 is 5.32 Å². The van der Waals surface area contributed by atoms with E-state index in [0.717, 1.165) is 5.56 Å². The molecular formula is C15H18N3O+. The summed E-state index contributed by atoms with van der Waals surface area (Å²) in [6.07, 6.45) is 6.07. The molecule has 0 unspecified atom stereocenters. The number of rotatable bonds is 4. The van der Waals surface area contributed by atoms with Crippen LogP contribution in [0.2, 0.25) is 0 Å². The maximum absolute atomic E-state index is 11.8. The highest BCUT2D eigenvalue weighted by Crippen LogP contribution is 2.09. The average molecular weight is 256 g/mol. The first-order valence-electron chi connectivity index (χ1n) is 6.32. The van der Waals surface area contributed by atoms with Crippen molar-refractivity contribution in [2.45, 2.75) is 26.8 Å². The van der Waals surface area contributed by atoms with Crippen LogP contribution >= 0.6 is 0 Å². The number of carbonyl (C=O) groups is 1. The average Bonchev–Trinajstić information content (AvgIpc) is 2.41. The summed E-state index contributed by atoms with van der Waals surface area (Å²) in [5.74, 6) is 0.622. The maximum atomic E-state index is 11.8. The molecule has 0 aliphatic carbocycles. The Morgan fingerprint density at radius 1 is 1.26 bits per heavy atom. The second-order valence-electron chi connectivity index (χ2n) is 4.58. The minimum atomic E-state index is -0.0186. The molecule has 1 amide bonds. The summed E-state index contributed by atoms with van der Waals surface area (Å²) in [7, 11) is 0. The molecule has 0 aromatic carbocycles. The Labute approximate surface area is 113 Å². The molecule has 19 heavy (non-hydrogen) atoms. The number of aryl methyl sites for hydroxylation is 3. The standard InChI is InChI=1S/C15H17N3O/c1-12-5-9-18(10-6-12)11-7-14(19)17-15-13(2)4-3-8-16-15/h3-6,8-10H,7,11H2,1-2H3/p+1. The lowest BCUT2D eigenvalue weighted by Crippen LogP contribution is -2.34. The molecular weight excluding hydrogens is 238 g/mol. The van der Waals surface area contributed by atoms with Crippen molar-refractivity contribution in [1.82, 2.24) is 4.98 Å². The lowest BCUT2D eigenvalue weighted by atomic mass is 10.3. The van der Waals surface area contributed by atoms with Crippen molar-refractivity contribution in [3.63, 3.8) is 0 Å². The zero-order valence-electron chi connectivity index (χ0n) is 11.3. The van der Waals surface area contributed by atoms with E-state index in [-0.39, 0.29) is 5.91 Å². The quantitative estimate of drug-likeness (QED) is 0.851. The summed E-state index contributed by atoms with van der Waals surface area (Å²) in [6, 6.07) is 7.84. The smallest absolute Gasteiger partial charge is 0.231 e. The van der Waals surface area contributed by atoms with Crippen LogP contribution in [0.15, 0.2) is 42.9 Å². The maximum Gasteiger partial charge on any atom is 0.231 e. The molecule has 0 atom stereocenters. The van der Waals surface area contributed by atoms with Crippen molar-refractivity contribution in [1.29, 1.82) is 0 Å². The van der Waals surface area contributed by atoms with Crippen LogP contribution in [0.5, 0.6) is 0 Å². The number of pyridine rings is 2. The first kappa shape index (κ1) is 13.2. The van der Waals surface area contributed by atoms with Gasteiger partial charge in [0.25, 0.3) is 0 Å². The fourth-order valence-corrected chi connectivity index (χ4v) is 1.72. The molecule has 4 nitrogen and oxygen atoms in total. The Kier molecular flexibility index (Phi) is 4.23. The zero-order valence-corrected chi connectivity index (χ0v) is 11.3. The van der Waals surface area contributed by atoms with E-state index in [4.69, 9.17) is 0 Å². The van der Waals surface area contributed by atoms with E-state index in [0.29, 0.717) is 18.8 Å². The predicted octanol–water partition coefficient (Wildman–Crippen LogP) is 2.01. The van der Waals surface area contributed by atoms with E-state index in [2.05, 4.69) is 10.3 Å². The van der Waals surface area contributed by atoms with Gasteiger partial charge in [0.2, 0.25) is 5.91 Å². The highest BCUT2D eigenvalue weighted by Gasteiger charge is 2.08. The third-order valence-corrected chi connectivity index (χ3v) is 2.92. The second-order valence-corrected chi connectivity index (χ2v) is 4.58. The summed E-state index contributed by atoms with van der Waals surface area (Å²) in [6.45, 7) is 4.64. The molecule has 0 saturated heterocycles. The monoisotopic (exact) mass is 256 g/mol. The van der Waals surface area contributed by atoms with E-state index >= 15 is 0 Å². The molecule has 4 heteroatoms. The van der Waals surface area contributed by atoms with Crippen molar-refractivity contribution in [2.24, 2.45) is 0 Å². The van der Waals surface area contributed by atoms with Gasteiger partial charge in [0, 0.05) is 18.3 Å². The molecule has 1 N–H and O–H groups in total. The van der Waals surface area contributed by atoms with Gasteiger partial charge in [-0.2, -0.15) is 0 Å². The number of nitrogens with one attached hydrogen (secondary N) is 1. The number of hydrogen-bond acceptors (Lipinski definition) is 2. The molecule has 0 fully saturated rings. The number of nitrogens with zero attached hydrogens (tertiary/aromatic N) is 2. The molecule has 0 aliphatic rings. The summed E-state index contributed by atoms with van der Waals surface area (Å²) in [5.41, 5.74) is 2.18. The largest absolute Gasteiger partial charge is 0.310 e. The van der Waals surface area contributed by atoms with E-state index < -0.39 is 0 Å². The fourth-order valence-electron chi connectivity index (χ4n) is 1.72.